The van der Waals surface area contributed by atoms with E-state index in [0.29, 0.717) is 0 Å². The van der Waals surface area contributed by atoms with Crippen LogP contribution in [-0.2, 0) is 14.4 Å². The van der Waals surface area contributed by atoms with Gasteiger partial charge in [-0.05, 0) is 32.4 Å². The molecule has 118 valence electrons. The van der Waals surface area contributed by atoms with Gasteiger partial charge in [0.25, 0.3) is 0 Å². The van der Waals surface area contributed by atoms with Crippen molar-refractivity contribution in [2.45, 2.75) is 38.7 Å². The van der Waals surface area contributed by atoms with Gasteiger partial charge in [0.2, 0.25) is 0 Å². The molecule has 1 aromatic rings. The van der Waals surface area contributed by atoms with Gasteiger partial charge in [-0.1, -0.05) is 18.2 Å². The Morgan fingerprint density at radius 1 is 1.23 bits per heavy atom. The SMILES string of the molecule is CC(=O)[C@H]1C(=O)C[C@](C)(O)[C@H](C(C)=O)[C@@H]1c1ccccc1F. The quantitative estimate of drug-likeness (QED) is 0.868. The topological polar surface area (TPSA) is 71.4 Å². The first-order valence-electron chi connectivity index (χ1n) is 7.17. The van der Waals surface area contributed by atoms with Crippen molar-refractivity contribution in [3.63, 3.8) is 0 Å². The van der Waals surface area contributed by atoms with Gasteiger partial charge in [-0.15, -0.1) is 0 Å². The molecule has 1 aliphatic carbocycles. The third kappa shape index (κ3) is 2.73. The Morgan fingerprint density at radius 3 is 2.32 bits per heavy atom. The van der Waals surface area contributed by atoms with Crippen LogP contribution >= 0.6 is 0 Å². The van der Waals surface area contributed by atoms with Crippen molar-refractivity contribution < 1.29 is 23.9 Å². The maximum absolute atomic E-state index is 14.2. The number of carbonyl (C=O) groups excluding carboxylic acids is 3. The molecule has 0 unspecified atom stereocenters. The largest absolute Gasteiger partial charge is 0.389 e. The van der Waals surface area contributed by atoms with Gasteiger partial charge in [0.05, 0.1) is 17.4 Å². The minimum atomic E-state index is -1.60. The highest BCUT2D eigenvalue weighted by molar-refractivity contribution is 6.05. The molecule has 4 atom stereocenters. The molecule has 0 aliphatic heterocycles. The van der Waals surface area contributed by atoms with Gasteiger partial charge >= 0.3 is 0 Å². The molecule has 0 saturated heterocycles. The zero-order chi connectivity index (χ0) is 16.7. The fourth-order valence-corrected chi connectivity index (χ4v) is 3.63. The van der Waals surface area contributed by atoms with Crippen LogP contribution in [0.4, 0.5) is 4.39 Å². The molecule has 0 radical (unpaired) electrons. The molecule has 0 spiro atoms. The second-order valence-corrected chi connectivity index (χ2v) is 6.22. The summed E-state index contributed by atoms with van der Waals surface area (Å²) in [6.45, 7) is 3.94. The van der Waals surface area contributed by atoms with Gasteiger partial charge < -0.3 is 5.11 Å². The lowest BCUT2D eigenvalue weighted by molar-refractivity contribution is -0.151. The van der Waals surface area contributed by atoms with Gasteiger partial charge in [-0.2, -0.15) is 0 Å². The first kappa shape index (κ1) is 16.5. The Hall–Kier alpha value is -1.88. The maximum atomic E-state index is 14.2. The first-order chi connectivity index (χ1) is 10.2. The highest BCUT2D eigenvalue weighted by Crippen LogP contribution is 2.46. The minimum Gasteiger partial charge on any atom is -0.389 e. The number of hydrogen-bond acceptors (Lipinski definition) is 4. The normalized spacial score (nSPS) is 31.9. The summed E-state index contributed by atoms with van der Waals surface area (Å²) >= 11 is 0. The van der Waals surface area contributed by atoms with Crippen LogP contribution in [0.25, 0.3) is 0 Å². The molecule has 1 N–H and O–H groups in total. The average molecular weight is 306 g/mol. The summed E-state index contributed by atoms with van der Waals surface area (Å²) in [5.74, 6) is -4.91. The van der Waals surface area contributed by atoms with E-state index in [-0.39, 0.29) is 17.8 Å². The molecule has 0 aromatic heterocycles. The van der Waals surface area contributed by atoms with E-state index in [9.17, 15) is 23.9 Å². The fourth-order valence-electron chi connectivity index (χ4n) is 3.63. The standard InChI is InChI=1S/C17H19FO4/c1-9(19)14-13(21)8-17(3,22)16(10(2)20)15(14)11-6-4-5-7-12(11)18/h4-7,14-16,22H,8H2,1-3H3/t14-,15+,16+,17-/m0/s1. The van der Waals surface area contributed by atoms with Crippen molar-refractivity contribution >= 4 is 17.3 Å². The van der Waals surface area contributed by atoms with E-state index in [4.69, 9.17) is 0 Å². The molecular weight excluding hydrogens is 287 g/mol. The molecule has 0 bridgehead atoms. The number of benzene rings is 1. The van der Waals surface area contributed by atoms with Crippen LogP contribution in [0.3, 0.4) is 0 Å². The molecule has 4 nitrogen and oxygen atoms in total. The Balaban J connectivity index is 2.68. The van der Waals surface area contributed by atoms with Crippen LogP contribution in [-0.4, -0.2) is 28.1 Å². The third-order valence-electron chi connectivity index (χ3n) is 4.41. The fraction of sp³-hybridized carbons (Fsp3) is 0.471. The van der Waals surface area contributed by atoms with Crippen molar-refractivity contribution in [3.05, 3.63) is 35.6 Å². The summed E-state index contributed by atoms with van der Waals surface area (Å²) in [4.78, 5) is 36.3. The van der Waals surface area contributed by atoms with Crippen molar-refractivity contribution in [2.24, 2.45) is 11.8 Å². The van der Waals surface area contributed by atoms with E-state index in [1.807, 2.05) is 0 Å². The van der Waals surface area contributed by atoms with Crippen LogP contribution in [0.2, 0.25) is 0 Å². The van der Waals surface area contributed by atoms with Gasteiger partial charge in [-0.3, -0.25) is 14.4 Å². The van der Waals surface area contributed by atoms with Gasteiger partial charge in [0, 0.05) is 12.3 Å². The number of rotatable bonds is 3. The molecular formula is C17H19FO4. The first-order valence-corrected chi connectivity index (χ1v) is 7.17. The number of ketones is 3. The summed E-state index contributed by atoms with van der Waals surface area (Å²) in [7, 11) is 0. The van der Waals surface area contributed by atoms with Crippen molar-refractivity contribution in [3.8, 4) is 0 Å². The number of aliphatic hydroxyl groups is 1. The van der Waals surface area contributed by atoms with Gasteiger partial charge in [0.1, 0.15) is 23.2 Å². The van der Waals surface area contributed by atoms with E-state index >= 15 is 0 Å². The molecule has 0 amide bonds. The van der Waals surface area contributed by atoms with Crippen LogP contribution in [0.15, 0.2) is 24.3 Å². The molecule has 1 fully saturated rings. The lowest BCUT2D eigenvalue weighted by Gasteiger charge is -2.44. The lowest BCUT2D eigenvalue weighted by atomic mass is 9.60. The number of Topliss-reactive ketones (excluding diaryl/α,β-unsaturated/α-hetero) is 3. The molecule has 22 heavy (non-hydrogen) atoms. The van der Waals surface area contributed by atoms with E-state index < -0.39 is 40.7 Å². The molecule has 1 aliphatic rings. The van der Waals surface area contributed by atoms with Crippen molar-refractivity contribution in [2.75, 3.05) is 0 Å². The lowest BCUT2D eigenvalue weighted by Crippen LogP contribution is -2.54. The molecule has 2 rings (SSSR count). The summed E-state index contributed by atoms with van der Waals surface area (Å²) in [6, 6.07) is 5.76. The van der Waals surface area contributed by atoms with Gasteiger partial charge in [0.15, 0.2) is 0 Å². The summed E-state index contributed by atoms with van der Waals surface area (Å²) < 4.78 is 14.2. The monoisotopic (exact) mass is 306 g/mol. The highest BCUT2D eigenvalue weighted by atomic mass is 19.1. The molecule has 0 heterocycles. The molecule has 1 aromatic carbocycles. The minimum absolute atomic E-state index is 0.122. The summed E-state index contributed by atoms with van der Waals surface area (Å²) in [5, 5.41) is 10.5. The smallest absolute Gasteiger partial charge is 0.146 e. The maximum Gasteiger partial charge on any atom is 0.146 e. The predicted molar refractivity (Wildman–Crippen MR) is 77.7 cm³/mol. The second-order valence-electron chi connectivity index (χ2n) is 6.22. The number of halogens is 1. The summed E-state index contributed by atoms with van der Waals surface area (Å²) in [5.41, 5.74) is -1.47. The van der Waals surface area contributed by atoms with Crippen LogP contribution in [0.5, 0.6) is 0 Å². The Labute approximate surface area is 128 Å². The third-order valence-corrected chi connectivity index (χ3v) is 4.41. The Kier molecular flexibility index (Phi) is 4.29. The predicted octanol–water partition coefficient (Wildman–Crippen LogP) is 2.04. The Bertz CT molecular complexity index is 635. The van der Waals surface area contributed by atoms with E-state index in [2.05, 4.69) is 0 Å². The van der Waals surface area contributed by atoms with Gasteiger partial charge in [-0.25, -0.2) is 4.39 Å². The summed E-state index contributed by atoms with van der Waals surface area (Å²) in [6.07, 6.45) is -0.285. The number of hydrogen-bond donors (Lipinski definition) is 1. The van der Waals surface area contributed by atoms with Crippen LogP contribution in [0, 0.1) is 17.7 Å². The highest BCUT2D eigenvalue weighted by Gasteiger charge is 2.54. The van der Waals surface area contributed by atoms with Crippen LogP contribution in [0.1, 0.15) is 38.7 Å². The van der Waals surface area contributed by atoms with E-state index in [0.717, 1.165) is 0 Å². The van der Waals surface area contributed by atoms with E-state index in [1.165, 1.54) is 39.0 Å². The average Bonchev–Trinajstić information content (AvgIpc) is 2.35. The molecule has 5 heteroatoms. The zero-order valence-corrected chi connectivity index (χ0v) is 12.8. The van der Waals surface area contributed by atoms with Crippen molar-refractivity contribution in [1.29, 1.82) is 0 Å². The van der Waals surface area contributed by atoms with Crippen LogP contribution < -0.4 is 0 Å². The van der Waals surface area contributed by atoms with Crippen molar-refractivity contribution in [1.82, 2.24) is 0 Å². The number of carbonyl (C=O) groups is 3. The molecule has 1 saturated carbocycles. The van der Waals surface area contributed by atoms with E-state index in [1.54, 1.807) is 6.07 Å². The second kappa shape index (κ2) is 5.72. The zero-order valence-electron chi connectivity index (χ0n) is 12.8. The Morgan fingerprint density at radius 2 is 1.82 bits per heavy atom.